The first-order valence-electron chi connectivity index (χ1n) is 4.59. The van der Waals surface area contributed by atoms with E-state index in [1.54, 1.807) is 5.01 Å². The van der Waals surface area contributed by atoms with Crippen LogP contribution in [0.4, 0.5) is 0 Å². The van der Waals surface area contributed by atoms with Gasteiger partial charge >= 0.3 is 0 Å². The quantitative estimate of drug-likeness (QED) is 0.501. The molecule has 0 bridgehead atoms. The second-order valence-electron chi connectivity index (χ2n) is 3.41. The predicted octanol–water partition coefficient (Wildman–Crippen LogP) is 1.85. The zero-order valence-corrected chi connectivity index (χ0v) is 7.79. The Hall–Kier alpha value is -0.600. The standard InChI is InChI=1S/C10H18N2/c1-12(11)9-10-7-5-3-2-4-6-8-10/h3,5,7H,2,4,6,8-9,11H2,1H3/b5-3-,10-7-. The highest BCUT2D eigenvalue weighted by Crippen LogP contribution is 2.12. The fraction of sp³-hybridized carbons (Fsp3) is 0.600. The van der Waals surface area contributed by atoms with E-state index in [9.17, 15) is 0 Å². The van der Waals surface area contributed by atoms with Crippen molar-refractivity contribution in [1.82, 2.24) is 5.01 Å². The number of hydrogen-bond donors (Lipinski definition) is 1. The monoisotopic (exact) mass is 166 g/mol. The van der Waals surface area contributed by atoms with Crippen LogP contribution in [0.25, 0.3) is 0 Å². The van der Waals surface area contributed by atoms with Crippen molar-refractivity contribution in [1.29, 1.82) is 0 Å². The van der Waals surface area contributed by atoms with E-state index in [2.05, 4.69) is 18.2 Å². The highest BCUT2D eigenvalue weighted by molar-refractivity contribution is 5.14. The SMILES string of the molecule is CN(N)C/C1=C\C=C/CCCC1. The maximum absolute atomic E-state index is 5.58. The lowest BCUT2D eigenvalue weighted by molar-refractivity contribution is 0.374. The molecule has 0 spiro atoms. The smallest absolute Gasteiger partial charge is 0.0338 e. The molecule has 1 rings (SSSR count). The molecular weight excluding hydrogens is 148 g/mol. The van der Waals surface area contributed by atoms with Crippen LogP contribution < -0.4 is 5.84 Å². The van der Waals surface area contributed by atoms with Crippen molar-refractivity contribution >= 4 is 0 Å². The molecule has 0 heterocycles. The molecule has 0 fully saturated rings. The van der Waals surface area contributed by atoms with Crippen LogP contribution >= 0.6 is 0 Å². The normalized spacial score (nSPS) is 25.8. The van der Waals surface area contributed by atoms with Crippen LogP contribution in [0.15, 0.2) is 23.8 Å². The summed E-state index contributed by atoms with van der Waals surface area (Å²) in [6.07, 6.45) is 11.6. The molecule has 0 unspecified atom stereocenters. The van der Waals surface area contributed by atoms with Gasteiger partial charge in [-0.3, -0.25) is 5.84 Å². The number of hydrazine groups is 1. The predicted molar refractivity (Wildman–Crippen MR) is 52.5 cm³/mol. The Kier molecular flexibility index (Phi) is 4.05. The summed E-state index contributed by atoms with van der Waals surface area (Å²) >= 11 is 0. The number of rotatable bonds is 2. The number of likely N-dealkylation sites (N-methyl/N-ethyl adjacent to an activating group) is 1. The van der Waals surface area contributed by atoms with Crippen molar-refractivity contribution in [3.8, 4) is 0 Å². The molecule has 2 heteroatoms. The average Bonchev–Trinajstić information content (AvgIpc) is 1.93. The Morgan fingerprint density at radius 1 is 1.50 bits per heavy atom. The molecule has 68 valence electrons. The number of allylic oxidation sites excluding steroid dienone is 3. The van der Waals surface area contributed by atoms with Gasteiger partial charge in [-0.1, -0.05) is 23.8 Å². The molecule has 0 saturated carbocycles. The summed E-state index contributed by atoms with van der Waals surface area (Å²) in [5.74, 6) is 5.58. The van der Waals surface area contributed by atoms with Crippen molar-refractivity contribution in [2.24, 2.45) is 5.84 Å². The molecule has 0 aliphatic heterocycles. The lowest BCUT2D eigenvalue weighted by Crippen LogP contribution is -2.28. The first-order chi connectivity index (χ1) is 5.79. The fourth-order valence-electron chi connectivity index (χ4n) is 1.45. The Morgan fingerprint density at radius 3 is 3.08 bits per heavy atom. The van der Waals surface area contributed by atoms with Crippen LogP contribution in [0, 0.1) is 0 Å². The van der Waals surface area contributed by atoms with Gasteiger partial charge in [0.05, 0.1) is 0 Å². The zero-order valence-electron chi connectivity index (χ0n) is 7.79. The molecule has 0 amide bonds. The van der Waals surface area contributed by atoms with Gasteiger partial charge < -0.3 is 0 Å². The topological polar surface area (TPSA) is 29.3 Å². The van der Waals surface area contributed by atoms with Crippen LogP contribution in [0.2, 0.25) is 0 Å². The largest absolute Gasteiger partial charge is 0.269 e. The second-order valence-corrected chi connectivity index (χ2v) is 3.41. The molecule has 1 aliphatic carbocycles. The lowest BCUT2D eigenvalue weighted by atomic mass is 10.0. The van der Waals surface area contributed by atoms with Gasteiger partial charge in [-0.05, 0) is 25.7 Å². The van der Waals surface area contributed by atoms with Gasteiger partial charge in [0.2, 0.25) is 0 Å². The van der Waals surface area contributed by atoms with E-state index in [0.29, 0.717) is 0 Å². The molecule has 2 nitrogen and oxygen atoms in total. The number of hydrogen-bond acceptors (Lipinski definition) is 2. The summed E-state index contributed by atoms with van der Waals surface area (Å²) in [5.41, 5.74) is 1.44. The first kappa shape index (κ1) is 9.49. The minimum atomic E-state index is 0.893. The molecule has 0 aromatic heterocycles. The Morgan fingerprint density at radius 2 is 2.33 bits per heavy atom. The Balaban J connectivity index is 2.47. The van der Waals surface area contributed by atoms with Gasteiger partial charge in [-0.2, -0.15) is 0 Å². The van der Waals surface area contributed by atoms with Crippen LogP contribution in [0.3, 0.4) is 0 Å². The van der Waals surface area contributed by atoms with Gasteiger partial charge in [-0.15, -0.1) is 0 Å². The molecule has 0 aromatic rings. The summed E-state index contributed by atoms with van der Waals surface area (Å²) in [4.78, 5) is 0. The van der Waals surface area contributed by atoms with Gasteiger partial charge in [0.1, 0.15) is 0 Å². The summed E-state index contributed by atoms with van der Waals surface area (Å²) in [5, 5.41) is 1.74. The summed E-state index contributed by atoms with van der Waals surface area (Å²) in [6, 6.07) is 0. The molecule has 0 radical (unpaired) electrons. The minimum absolute atomic E-state index is 0.893. The highest BCUT2D eigenvalue weighted by Gasteiger charge is 2.00. The van der Waals surface area contributed by atoms with Crippen LogP contribution in [-0.4, -0.2) is 18.6 Å². The van der Waals surface area contributed by atoms with Crippen molar-refractivity contribution < 1.29 is 0 Å². The van der Waals surface area contributed by atoms with Gasteiger partial charge in [0.25, 0.3) is 0 Å². The zero-order chi connectivity index (χ0) is 8.81. The third-order valence-electron chi connectivity index (χ3n) is 2.04. The van der Waals surface area contributed by atoms with E-state index < -0.39 is 0 Å². The summed E-state index contributed by atoms with van der Waals surface area (Å²) in [7, 11) is 1.91. The van der Waals surface area contributed by atoms with E-state index in [4.69, 9.17) is 5.84 Å². The van der Waals surface area contributed by atoms with E-state index in [1.165, 1.54) is 31.3 Å². The molecule has 1 aliphatic rings. The van der Waals surface area contributed by atoms with E-state index in [0.717, 1.165) is 6.54 Å². The highest BCUT2D eigenvalue weighted by atomic mass is 15.4. The van der Waals surface area contributed by atoms with Gasteiger partial charge in [-0.25, -0.2) is 5.01 Å². The molecule has 12 heavy (non-hydrogen) atoms. The molecule has 2 N–H and O–H groups in total. The van der Waals surface area contributed by atoms with Crippen LogP contribution in [0.1, 0.15) is 25.7 Å². The minimum Gasteiger partial charge on any atom is -0.269 e. The van der Waals surface area contributed by atoms with Crippen molar-refractivity contribution in [2.75, 3.05) is 13.6 Å². The molecule has 0 atom stereocenters. The molecule has 0 aromatic carbocycles. The maximum atomic E-state index is 5.58. The van der Waals surface area contributed by atoms with Crippen molar-refractivity contribution in [3.05, 3.63) is 23.8 Å². The summed E-state index contributed by atoms with van der Waals surface area (Å²) < 4.78 is 0. The fourth-order valence-corrected chi connectivity index (χ4v) is 1.45. The number of nitrogens with two attached hydrogens (primary N) is 1. The van der Waals surface area contributed by atoms with Crippen LogP contribution in [0.5, 0.6) is 0 Å². The maximum Gasteiger partial charge on any atom is 0.0338 e. The molecule has 0 saturated heterocycles. The van der Waals surface area contributed by atoms with Crippen molar-refractivity contribution in [3.63, 3.8) is 0 Å². The Bertz CT molecular complexity index is 180. The van der Waals surface area contributed by atoms with Crippen LogP contribution in [-0.2, 0) is 0 Å². The van der Waals surface area contributed by atoms with E-state index >= 15 is 0 Å². The summed E-state index contributed by atoms with van der Waals surface area (Å²) in [6.45, 7) is 0.893. The lowest BCUT2D eigenvalue weighted by Gasteiger charge is -2.13. The average molecular weight is 166 g/mol. The second kappa shape index (κ2) is 5.12. The van der Waals surface area contributed by atoms with Crippen molar-refractivity contribution in [2.45, 2.75) is 25.7 Å². The first-order valence-corrected chi connectivity index (χ1v) is 4.59. The van der Waals surface area contributed by atoms with Gasteiger partial charge in [0.15, 0.2) is 0 Å². The number of nitrogens with zero attached hydrogens (tertiary/aromatic N) is 1. The third kappa shape index (κ3) is 3.69. The molecular formula is C10H18N2. The van der Waals surface area contributed by atoms with E-state index in [1.807, 2.05) is 7.05 Å². The van der Waals surface area contributed by atoms with E-state index in [-0.39, 0.29) is 0 Å². The third-order valence-corrected chi connectivity index (χ3v) is 2.04. The van der Waals surface area contributed by atoms with Gasteiger partial charge in [0, 0.05) is 13.6 Å². The Labute approximate surface area is 74.7 Å².